The van der Waals surface area contributed by atoms with Gasteiger partial charge < -0.3 is 14.7 Å². The molecule has 1 aliphatic rings. The molecule has 0 aliphatic carbocycles. The Labute approximate surface area is 143 Å². The summed E-state index contributed by atoms with van der Waals surface area (Å²) >= 11 is 0. The van der Waals surface area contributed by atoms with Crippen LogP contribution in [0.5, 0.6) is 0 Å². The molecule has 0 spiro atoms. The maximum Gasteiger partial charge on any atom is 0.334 e. The quantitative estimate of drug-likeness (QED) is 0.869. The van der Waals surface area contributed by atoms with Crippen molar-refractivity contribution < 1.29 is 19.4 Å². The van der Waals surface area contributed by atoms with E-state index in [2.05, 4.69) is 38.1 Å². The van der Waals surface area contributed by atoms with E-state index in [0.29, 0.717) is 25.3 Å². The molecule has 1 saturated heterocycles. The molecule has 2 rings (SSSR count). The van der Waals surface area contributed by atoms with Gasteiger partial charge in [0.15, 0.2) is 6.10 Å². The number of carboxylic acid groups (broad SMARTS) is 1. The van der Waals surface area contributed by atoms with E-state index in [0.717, 1.165) is 12.0 Å². The number of nitrogens with zero attached hydrogens (tertiary/aromatic N) is 1. The van der Waals surface area contributed by atoms with Crippen LogP contribution < -0.4 is 0 Å². The van der Waals surface area contributed by atoms with Crippen LogP contribution in [0.25, 0.3) is 0 Å². The average Bonchev–Trinajstić information content (AvgIpc) is 2.52. The lowest BCUT2D eigenvalue weighted by atomic mass is 10.0. The Bertz CT molecular complexity index is 567. The van der Waals surface area contributed by atoms with E-state index in [-0.39, 0.29) is 18.6 Å². The van der Waals surface area contributed by atoms with E-state index in [1.54, 1.807) is 11.8 Å². The molecule has 0 bridgehead atoms. The highest BCUT2D eigenvalue weighted by Crippen LogP contribution is 2.15. The van der Waals surface area contributed by atoms with Crippen LogP contribution in [-0.2, 0) is 27.2 Å². The summed E-state index contributed by atoms with van der Waals surface area (Å²) in [6.07, 6.45) is 0.945. The first-order chi connectivity index (χ1) is 11.3. The van der Waals surface area contributed by atoms with Crippen LogP contribution in [0.4, 0.5) is 0 Å². The van der Waals surface area contributed by atoms with Crippen molar-refractivity contribution >= 4 is 11.9 Å². The number of hydrogen-bond donors (Lipinski definition) is 1. The van der Waals surface area contributed by atoms with Gasteiger partial charge in [0.05, 0.1) is 12.6 Å². The van der Waals surface area contributed by atoms with Gasteiger partial charge in [0.2, 0.25) is 5.91 Å². The first-order valence-electron chi connectivity index (χ1n) is 8.59. The van der Waals surface area contributed by atoms with Crippen LogP contribution in [0.15, 0.2) is 24.3 Å². The number of carbonyl (C=O) groups is 2. The standard InChI is InChI=1S/C19H27NO4/c1-13(2)10-16-6-4-15(5-7-16)8-9-18(21)20-11-14(3)24-17(12-20)19(22)23/h4-7,13-14,17H,8-12H2,1-3H3,(H,22,23)/t14-,17?/m1/s1. The Kier molecular flexibility index (Phi) is 6.37. The van der Waals surface area contributed by atoms with E-state index < -0.39 is 12.1 Å². The monoisotopic (exact) mass is 333 g/mol. The van der Waals surface area contributed by atoms with Crippen LogP contribution >= 0.6 is 0 Å². The summed E-state index contributed by atoms with van der Waals surface area (Å²) in [6, 6.07) is 8.40. The first-order valence-corrected chi connectivity index (χ1v) is 8.59. The summed E-state index contributed by atoms with van der Waals surface area (Å²) in [5.41, 5.74) is 2.44. The van der Waals surface area contributed by atoms with Crippen molar-refractivity contribution in [2.24, 2.45) is 5.92 Å². The van der Waals surface area contributed by atoms with Gasteiger partial charge in [-0.25, -0.2) is 4.79 Å². The molecule has 24 heavy (non-hydrogen) atoms. The molecule has 2 atom stereocenters. The minimum atomic E-state index is -1.01. The zero-order chi connectivity index (χ0) is 17.7. The highest BCUT2D eigenvalue weighted by Gasteiger charge is 2.32. The molecule has 1 fully saturated rings. The number of amides is 1. The first kappa shape index (κ1) is 18.5. The lowest BCUT2D eigenvalue weighted by Crippen LogP contribution is -2.51. The predicted octanol–water partition coefficient (Wildman–Crippen LogP) is 2.52. The number of benzene rings is 1. The smallest absolute Gasteiger partial charge is 0.334 e. The van der Waals surface area contributed by atoms with Crippen molar-refractivity contribution in [3.8, 4) is 0 Å². The van der Waals surface area contributed by atoms with Gasteiger partial charge in [-0.2, -0.15) is 0 Å². The zero-order valence-electron chi connectivity index (χ0n) is 14.7. The van der Waals surface area contributed by atoms with Gasteiger partial charge in [0.1, 0.15) is 0 Å². The molecule has 132 valence electrons. The van der Waals surface area contributed by atoms with Crippen molar-refractivity contribution in [2.75, 3.05) is 13.1 Å². The van der Waals surface area contributed by atoms with E-state index in [4.69, 9.17) is 9.84 Å². The van der Waals surface area contributed by atoms with E-state index in [1.165, 1.54) is 5.56 Å². The fraction of sp³-hybridized carbons (Fsp3) is 0.579. The van der Waals surface area contributed by atoms with Gasteiger partial charge >= 0.3 is 5.97 Å². The molecule has 1 aromatic carbocycles. The summed E-state index contributed by atoms with van der Waals surface area (Å²) < 4.78 is 5.34. The van der Waals surface area contributed by atoms with Gasteiger partial charge in [-0.15, -0.1) is 0 Å². The molecular weight excluding hydrogens is 306 g/mol. The Hall–Kier alpha value is -1.88. The molecule has 1 aromatic rings. The molecular formula is C19H27NO4. The van der Waals surface area contributed by atoms with Gasteiger partial charge in [-0.3, -0.25) is 4.79 Å². The normalized spacial score (nSPS) is 21.1. The zero-order valence-corrected chi connectivity index (χ0v) is 14.7. The predicted molar refractivity (Wildman–Crippen MR) is 91.9 cm³/mol. The lowest BCUT2D eigenvalue weighted by Gasteiger charge is -2.35. The third-order valence-electron chi connectivity index (χ3n) is 4.18. The van der Waals surface area contributed by atoms with Crippen LogP contribution in [0, 0.1) is 5.92 Å². The maximum absolute atomic E-state index is 12.4. The molecule has 0 aromatic heterocycles. The van der Waals surface area contributed by atoms with Crippen molar-refractivity contribution in [3.63, 3.8) is 0 Å². The molecule has 0 saturated carbocycles. The molecule has 1 N–H and O–H groups in total. The number of carboxylic acids is 1. The second kappa shape index (κ2) is 8.29. The molecule has 1 amide bonds. The third-order valence-corrected chi connectivity index (χ3v) is 4.18. The van der Waals surface area contributed by atoms with E-state index in [9.17, 15) is 9.59 Å². The third kappa shape index (κ3) is 5.34. The van der Waals surface area contributed by atoms with Gasteiger partial charge in [-0.05, 0) is 36.8 Å². The molecule has 5 heteroatoms. The second-order valence-corrected chi connectivity index (χ2v) is 6.99. The fourth-order valence-electron chi connectivity index (χ4n) is 3.01. The van der Waals surface area contributed by atoms with Crippen LogP contribution in [0.3, 0.4) is 0 Å². The minimum absolute atomic E-state index is 0.0114. The number of aliphatic carboxylic acids is 1. The summed E-state index contributed by atoms with van der Waals surface area (Å²) in [7, 11) is 0. The summed E-state index contributed by atoms with van der Waals surface area (Å²) in [5.74, 6) is -0.398. The number of rotatable bonds is 6. The lowest BCUT2D eigenvalue weighted by molar-refractivity contribution is -0.166. The average molecular weight is 333 g/mol. The van der Waals surface area contributed by atoms with Crippen molar-refractivity contribution in [1.29, 1.82) is 0 Å². The summed E-state index contributed by atoms with van der Waals surface area (Å²) in [4.78, 5) is 25.1. The number of hydrogen-bond acceptors (Lipinski definition) is 3. The van der Waals surface area contributed by atoms with Crippen LogP contribution in [0.2, 0.25) is 0 Å². The number of ether oxygens (including phenoxy) is 1. The highest BCUT2D eigenvalue weighted by atomic mass is 16.5. The van der Waals surface area contributed by atoms with Crippen LogP contribution in [0.1, 0.15) is 38.3 Å². The van der Waals surface area contributed by atoms with Gasteiger partial charge in [0, 0.05) is 13.0 Å². The van der Waals surface area contributed by atoms with Crippen molar-refractivity contribution in [2.45, 2.75) is 52.2 Å². The van der Waals surface area contributed by atoms with Crippen LogP contribution in [-0.4, -0.2) is 47.2 Å². The van der Waals surface area contributed by atoms with E-state index in [1.807, 2.05) is 0 Å². The molecule has 1 aliphatic heterocycles. The largest absolute Gasteiger partial charge is 0.479 e. The van der Waals surface area contributed by atoms with Gasteiger partial charge in [0.25, 0.3) is 0 Å². The fourth-order valence-corrected chi connectivity index (χ4v) is 3.01. The van der Waals surface area contributed by atoms with Crippen molar-refractivity contribution in [3.05, 3.63) is 35.4 Å². The molecule has 0 radical (unpaired) electrons. The van der Waals surface area contributed by atoms with E-state index >= 15 is 0 Å². The Balaban J connectivity index is 1.87. The maximum atomic E-state index is 12.4. The summed E-state index contributed by atoms with van der Waals surface area (Å²) in [6.45, 7) is 6.77. The molecule has 1 heterocycles. The number of carbonyl (C=O) groups excluding carboxylic acids is 1. The minimum Gasteiger partial charge on any atom is -0.479 e. The Morgan fingerprint density at radius 1 is 1.21 bits per heavy atom. The Morgan fingerprint density at radius 3 is 2.42 bits per heavy atom. The SMILES string of the molecule is CC(C)Cc1ccc(CCC(=O)N2CC(C(=O)O)O[C@H](C)C2)cc1. The summed E-state index contributed by atoms with van der Waals surface area (Å²) in [5, 5.41) is 9.09. The number of morpholine rings is 1. The molecule has 1 unspecified atom stereocenters. The topological polar surface area (TPSA) is 66.8 Å². The van der Waals surface area contributed by atoms with Crippen molar-refractivity contribution in [1.82, 2.24) is 4.90 Å². The highest BCUT2D eigenvalue weighted by molar-refractivity contribution is 5.79. The number of aryl methyl sites for hydroxylation is 1. The van der Waals surface area contributed by atoms with Gasteiger partial charge in [-0.1, -0.05) is 38.1 Å². The molecule has 5 nitrogen and oxygen atoms in total. The second-order valence-electron chi connectivity index (χ2n) is 6.99. The Morgan fingerprint density at radius 2 is 1.83 bits per heavy atom.